The fraction of sp³-hybridized carbons (Fsp3) is 0.375. The third-order valence-corrected chi connectivity index (χ3v) is 6.83. The summed E-state index contributed by atoms with van der Waals surface area (Å²) in [5.41, 5.74) is 6.12. The first-order chi connectivity index (χ1) is 17.4. The number of nitrogens with zero attached hydrogens (tertiary/aromatic N) is 1. The van der Waals surface area contributed by atoms with Crippen molar-refractivity contribution in [3.63, 3.8) is 0 Å². The fourth-order valence-corrected chi connectivity index (χ4v) is 4.57. The van der Waals surface area contributed by atoms with Gasteiger partial charge in [-0.25, -0.2) is 4.39 Å². The molecule has 2 N–H and O–H groups in total. The number of hydrogen-bond acceptors (Lipinski definition) is 3. The third kappa shape index (κ3) is 8.22. The maximum Gasteiger partial charge on any atom is 0.123 e. The summed E-state index contributed by atoms with van der Waals surface area (Å²) in [6.45, 7) is 19.5. The summed E-state index contributed by atoms with van der Waals surface area (Å²) in [5.74, 6) is 7.17. The van der Waals surface area contributed by atoms with Gasteiger partial charge < -0.3 is 10.6 Å². The van der Waals surface area contributed by atoms with Crippen LogP contribution >= 0.6 is 0 Å². The first-order valence-electron chi connectivity index (χ1n) is 12.9. The maximum atomic E-state index is 13.4. The summed E-state index contributed by atoms with van der Waals surface area (Å²) in [4.78, 5) is 2.46. The Bertz CT molecular complexity index is 1120. The fourth-order valence-electron chi connectivity index (χ4n) is 4.57. The molecule has 2 aromatic rings. The predicted molar refractivity (Wildman–Crippen MR) is 152 cm³/mol. The van der Waals surface area contributed by atoms with Gasteiger partial charge >= 0.3 is 0 Å². The minimum absolute atomic E-state index is 0.204. The van der Waals surface area contributed by atoms with Gasteiger partial charge in [-0.3, -0.25) is 4.90 Å². The van der Waals surface area contributed by atoms with Crippen LogP contribution in [0.5, 0.6) is 0 Å². The molecule has 0 saturated carbocycles. The average molecular weight is 486 g/mol. The quantitative estimate of drug-likeness (QED) is 0.376. The standard InChI is InChI=1S/C32H40FN3/c1-24(15-18-34-5)13-14-25(2)31-11-6-7-12-32(31)26(3)23-36-19-16-29(17-20-36)27(4)35-22-28-9-8-10-30(33)21-28/h6-12,21,24,29,34-35H,2-4,15-20,22-23H2,1,5H3. The highest BCUT2D eigenvalue weighted by Gasteiger charge is 2.22. The third-order valence-electron chi connectivity index (χ3n) is 6.83. The van der Waals surface area contributed by atoms with E-state index in [4.69, 9.17) is 0 Å². The van der Waals surface area contributed by atoms with Crippen molar-refractivity contribution in [2.45, 2.75) is 32.7 Å². The van der Waals surface area contributed by atoms with Gasteiger partial charge in [0.1, 0.15) is 5.82 Å². The van der Waals surface area contributed by atoms with Crippen molar-refractivity contribution in [3.05, 3.63) is 96.5 Å². The van der Waals surface area contributed by atoms with Crippen molar-refractivity contribution in [1.82, 2.24) is 15.5 Å². The summed E-state index contributed by atoms with van der Waals surface area (Å²) in [6.07, 6.45) is 3.12. The molecule has 0 amide bonds. The average Bonchev–Trinajstić information content (AvgIpc) is 2.89. The molecule has 0 radical (unpaired) electrons. The zero-order valence-electron chi connectivity index (χ0n) is 21.9. The largest absolute Gasteiger partial charge is 0.385 e. The van der Waals surface area contributed by atoms with E-state index < -0.39 is 0 Å². The maximum absolute atomic E-state index is 13.4. The summed E-state index contributed by atoms with van der Waals surface area (Å²) in [5, 5.41) is 6.58. The summed E-state index contributed by atoms with van der Waals surface area (Å²) >= 11 is 0. The Kier molecular flexibility index (Phi) is 10.5. The van der Waals surface area contributed by atoms with E-state index >= 15 is 0 Å². The predicted octanol–water partition coefficient (Wildman–Crippen LogP) is 6.12. The molecule has 2 aromatic carbocycles. The van der Waals surface area contributed by atoms with E-state index in [2.05, 4.69) is 72.2 Å². The lowest BCUT2D eigenvalue weighted by Gasteiger charge is -2.33. The van der Waals surface area contributed by atoms with Crippen LogP contribution in [0.15, 0.2) is 74.0 Å². The van der Waals surface area contributed by atoms with Gasteiger partial charge in [0.15, 0.2) is 0 Å². The Morgan fingerprint density at radius 3 is 2.50 bits per heavy atom. The van der Waals surface area contributed by atoms with Crippen LogP contribution in [0.2, 0.25) is 0 Å². The number of hydrogen-bond donors (Lipinski definition) is 2. The SMILES string of the molecule is C=C(C#CC(C)CCNC)c1ccccc1C(=C)CN1CCC(C(=C)NCc2cccc(F)c2)CC1. The van der Waals surface area contributed by atoms with Gasteiger partial charge in [-0.05, 0) is 80.3 Å². The second-order valence-corrected chi connectivity index (χ2v) is 9.75. The van der Waals surface area contributed by atoms with Gasteiger partial charge in [-0.1, -0.05) is 74.9 Å². The molecule has 1 heterocycles. The van der Waals surface area contributed by atoms with Gasteiger partial charge in [-0.15, -0.1) is 0 Å². The lowest BCUT2D eigenvalue weighted by atomic mass is 9.92. The second-order valence-electron chi connectivity index (χ2n) is 9.75. The zero-order valence-corrected chi connectivity index (χ0v) is 21.9. The van der Waals surface area contributed by atoms with E-state index in [0.717, 1.165) is 79.0 Å². The van der Waals surface area contributed by atoms with Crippen LogP contribution in [-0.4, -0.2) is 38.1 Å². The van der Waals surface area contributed by atoms with Gasteiger partial charge in [0.25, 0.3) is 0 Å². The van der Waals surface area contributed by atoms with E-state index in [1.54, 1.807) is 12.1 Å². The Morgan fingerprint density at radius 1 is 1.08 bits per heavy atom. The first-order valence-corrected chi connectivity index (χ1v) is 12.9. The Balaban J connectivity index is 1.51. The lowest BCUT2D eigenvalue weighted by Crippen LogP contribution is -2.36. The van der Waals surface area contributed by atoms with Crippen LogP contribution in [0.1, 0.15) is 42.9 Å². The number of likely N-dealkylation sites (tertiary alicyclic amines) is 1. The van der Waals surface area contributed by atoms with Crippen LogP contribution in [0.3, 0.4) is 0 Å². The van der Waals surface area contributed by atoms with E-state index in [0.29, 0.717) is 18.4 Å². The number of piperidine rings is 1. The molecule has 1 atom stereocenters. The number of rotatable bonds is 11. The van der Waals surface area contributed by atoms with E-state index in [1.807, 2.05) is 19.2 Å². The molecule has 0 aliphatic carbocycles. The van der Waals surface area contributed by atoms with E-state index in [9.17, 15) is 4.39 Å². The highest BCUT2D eigenvalue weighted by Crippen LogP contribution is 2.27. The van der Waals surface area contributed by atoms with Gasteiger partial charge in [0, 0.05) is 36.2 Å². The molecular weight excluding hydrogens is 445 g/mol. The normalized spacial score (nSPS) is 15.0. The minimum atomic E-state index is -0.204. The van der Waals surface area contributed by atoms with Crippen molar-refractivity contribution in [3.8, 4) is 11.8 Å². The molecule has 190 valence electrons. The first kappa shape index (κ1) is 27.5. The summed E-state index contributed by atoms with van der Waals surface area (Å²) < 4.78 is 13.4. The Morgan fingerprint density at radius 2 is 1.81 bits per heavy atom. The number of halogens is 1. The van der Waals surface area contributed by atoms with Crippen LogP contribution in [0.4, 0.5) is 4.39 Å². The van der Waals surface area contributed by atoms with E-state index in [1.165, 1.54) is 6.07 Å². The molecule has 4 heteroatoms. The Hall–Kier alpha value is -3.13. The lowest BCUT2D eigenvalue weighted by molar-refractivity contribution is 0.216. The Labute approximate surface area is 217 Å². The molecule has 1 aliphatic rings. The van der Waals surface area contributed by atoms with Crippen molar-refractivity contribution >= 4 is 11.1 Å². The molecular formula is C32H40FN3. The highest BCUT2D eigenvalue weighted by atomic mass is 19.1. The van der Waals surface area contributed by atoms with Gasteiger partial charge in [0.2, 0.25) is 0 Å². The topological polar surface area (TPSA) is 27.3 Å². The molecule has 0 aromatic heterocycles. The van der Waals surface area contributed by atoms with Crippen molar-refractivity contribution in [2.24, 2.45) is 11.8 Å². The number of benzene rings is 2. The smallest absolute Gasteiger partial charge is 0.123 e. The molecule has 1 aliphatic heterocycles. The van der Waals surface area contributed by atoms with Crippen LogP contribution in [-0.2, 0) is 6.54 Å². The molecule has 1 fully saturated rings. The zero-order chi connectivity index (χ0) is 25.9. The van der Waals surface area contributed by atoms with Crippen LogP contribution < -0.4 is 10.6 Å². The number of nitrogens with one attached hydrogen (secondary N) is 2. The van der Waals surface area contributed by atoms with Crippen LogP contribution in [0, 0.1) is 29.5 Å². The molecule has 3 rings (SSSR count). The van der Waals surface area contributed by atoms with Crippen molar-refractivity contribution in [1.29, 1.82) is 0 Å². The molecule has 0 spiro atoms. The highest BCUT2D eigenvalue weighted by molar-refractivity contribution is 5.85. The molecule has 1 unspecified atom stereocenters. The minimum Gasteiger partial charge on any atom is -0.385 e. The second kappa shape index (κ2) is 13.8. The molecule has 1 saturated heterocycles. The van der Waals surface area contributed by atoms with Gasteiger partial charge in [0.05, 0.1) is 0 Å². The summed E-state index contributed by atoms with van der Waals surface area (Å²) in [6, 6.07) is 15.0. The van der Waals surface area contributed by atoms with Crippen LogP contribution in [0.25, 0.3) is 11.1 Å². The van der Waals surface area contributed by atoms with Gasteiger partial charge in [-0.2, -0.15) is 0 Å². The molecule has 3 nitrogen and oxygen atoms in total. The summed E-state index contributed by atoms with van der Waals surface area (Å²) in [7, 11) is 1.96. The molecule has 0 bridgehead atoms. The monoisotopic (exact) mass is 485 g/mol. The van der Waals surface area contributed by atoms with E-state index in [-0.39, 0.29) is 5.82 Å². The number of allylic oxidation sites excluding steroid dienone is 2. The van der Waals surface area contributed by atoms with Crippen molar-refractivity contribution in [2.75, 3.05) is 33.2 Å². The van der Waals surface area contributed by atoms with Crippen molar-refractivity contribution < 1.29 is 4.39 Å². The molecule has 36 heavy (non-hydrogen) atoms.